The zero-order valence-corrected chi connectivity index (χ0v) is 12.9. The van der Waals surface area contributed by atoms with E-state index in [0.29, 0.717) is 17.7 Å². The van der Waals surface area contributed by atoms with Gasteiger partial charge in [0.05, 0.1) is 24.8 Å². The number of halogens is 6. The van der Waals surface area contributed by atoms with E-state index in [1.165, 1.54) is 18.6 Å². The standard InChI is InChI=1S/C16H10F6N4/c17-13-8-23-9-14(26-24-5-6-25-26)12(13)7-10-1-3-11(4-2-10)15(18,19)16(20,21)22/h1-6,8-9H,7H2. The Balaban J connectivity index is 1.92. The van der Waals surface area contributed by atoms with Crippen LogP contribution in [0.25, 0.3) is 5.69 Å². The van der Waals surface area contributed by atoms with Crippen molar-refractivity contribution in [2.24, 2.45) is 0 Å². The quantitative estimate of drug-likeness (QED) is 0.649. The fraction of sp³-hybridized carbons (Fsp3) is 0.188. The summed E-state index contributed by atoms with van der Waals surface area (Å²) in [5, 5.41) is 7.76. The van der Waals surface area contributed by atoms with E-state index < -0.39 is 23.5 Å². The first-order chi connectivity index (χ1) is 12.2. The van der Waals surface area contributed by atoms with Crippen molar-refractivity contribution in [1.29, 1.82) is 0 Å². The van der Waals surface area contributed by atoms with Crippen molar-refractivity contribution in [2.75, 3.05) is 0 Å². The molecule has 3 rings (SSSR count). The van der Waals surface area contributed by atoms with E-state index in [0.717, 1.165) is 23.1 Å². The van der Waals surface area contributed by atoms with Crippen molar-refractivity contribution in [3.05, 3.63) is 71.6 Å². The molecular formula is C16H10F6N4. The third-order valence-corrected chi connectivity index (χ3v) is 3.67. The number of pyridine rings is 1. The fourth-order valence-corrected chi connectivity index (χ4v) is 2.34. The Morgan fingerprint density at radius 3 is 2.08 bits per heavy atom. The molecule has 0 unspecified atom stereocenters. The molecule has 1 aromatic carbocycles. The van der Waals surface area contributed by atoms with Gasteiger partial charge in [-0.2, -0.15) is 32.1 Å². The van der Waals surface area contributed by atoms with Crippen molar-refractivity contribution in [3.63, 3.8) is 0 Å². The van der Waals surface area contributed by atoms with Gasteiger partial charge in [0.2, 0.25) is 0 Å². The number of hydrogen-bond acceptors (Lipinski definition) is 3. The lowest BCUT2D eigenvalue weighted by atomic mass is 10.0. The van der Waals surface area contributed by atoms with Crippen molar-refractivity contribution in [1.82, 2.24) is 20.0 Å². The molecule has 0 N–H and O–H groups in total. The molecule has 10 heteroatoms. The summed E-state index contributed by atoms with van der Waals surface area (Å²) in [5.41, 5.74) is -0.477. The van der Waals surface area contributed by atoms with Gasteiger partial charge in [-0.3, -0.25) is 4.98 Å². The van der Waals surface area contributed by atoms with Gasteiger partial charge in [-0.25, -0.2) is 4.39 Å². The monoisotopic (exact) mass is 372 g/mol. The fourth-order valence-electron chi connectivity index (χ4n) is 2.34. The summed E-state index contributed by atoms with van der Waals surface area (Å²) < 4.78 is 78.0. The molecule has 0 saturated heterocycles. The van der Waals surface area contributed by atoms with Crippen LogP contribution in [0.4, 0.5) is 26.3 Å². The van der Waals surface area contributed by atoms with E-state index in [1.54, 1.807) is 0 Å². The Morgan fingerprint density at radius 2 is 1.50 bits per heavy atom. The molecule has 3 aromatic rings. The molecule has 0 spiro atoms. The summed E-state index contributed by atoms with van der Waals surface area (Å²) in [7, 11) is 0. The Kier molecular flexibility index (Phi) is 4.43. The van der Waals surface area contributed by atoms with Gasteiger partial charge >= 0.3 is 12.1 Å². The first-order valence-electron chi connectivity index (χ1n) is 7.23. The van der Waals surface area contributed by atoms with Crippen LogP contribution < -0.4 is 0 Å². The highest BCUT2D eigenvalue weighted by atomic mass is 19.4. The normalized spacial score (nSPS) is 12.4. The maximum atomic E-state index is 14.2. The molecule has 0 fully saturated rings. The van der Waals surface area contributed by atoms with Crippen molar-refractivity contribution < 1.29 is 26.3 Å². The SMILES string of the molecule is Fc1cncc(-n2nccn2)c1Cc1ccc(C(F)(F)C(F)(F)F)cc1. The van der Waals surface area contributed by atoms with E-state index in [2.05, 4.69) is 15.2 Å². The van der Waals surface area contributed by atoms with Crippen LogP contribution in [0, 0.1) is 5.82 Å². The second-order valence-electron chi connectivity index (χ2n) is 5.38. The van der Waals surface area contributed by atoms with Crippen LogP contribution in [0.2, 0.25) is 0 Å². The van der Waals surface area contributed by atoms with E-state index in [9.17, 15) is 26.3 Å². The van der Waals surface area contributed by atoms with Gasteiger partial charge in [0.15, 0.2) is 0 Å². The molecule has 0 amide bonds. The first-order valence-corrected chi connectivity index (χ1v) is 7.23. The Bertz CT molecular complexity index is 888. The van der Waals surface area contributed by atoms with Crippen LogP contribution >= 0.6 is 0 Å². The van der Waals surface area contributed by atoms with Gasteiger partial charge in [0.1, 0.15) is 11.5 Å². The van der Waals surface area contributed by atoms with Gasteiger partial charge in [0.25, 0.3) is 0 Å². The van der Waals surface area contributed by atoms with Gasteiger partial charge < -0.3 is 0 Å². The lowest BCUT2D eigenvalue weighted by Crippen LogP contribution is -2.33. The van der Waals surface area contributed by atoms with Crippen molar-refractivity contribution in [3.8, 4) is 5.69 Å². The van der Waals surface area contributed by atoms with Crippen LogP contribution in [-0.4, -0.2) is 26.2 Å². The zero-order valence-electron chi connectivity index (χ0n) is 12.9. The minimum atomic E-state index is -5.69. The number of aromatic nitrogens is 4. The van der Waals surface area contributed by atoms with Crippen LogP contribution in [0.5, 0.6) is 0 Å². The number of benzene rings is 1. The minimum Gasteiger partial charge on any atom is -0.259 e. The molecule has 0 saturated carbocycles. The molecular weight excluding hydrogens is 362 g/mol. The summed E-state index contributed by atoms with van der Waals surface area (Å²) in [5.74, 6) is -5.64. The molecule has 0 aliphatic carbocycles. The molecule has 0 bridgehead atoms. The van der Waals surface area contributed by atoms with Crippen LogP contribution in [0.3, 0.4) is 0 Å². The molecule has 26 heavy (non-hydrogen) atoms. The average molecular weight is 372 g/mol. The number of hydrogen-bond donors (Lipinski definition) is 0. The predicted molar refractivity (Wildman–Crippen MR) is 78.3 cm³/mol. The van der Waals surface area contributed by atoms with Crippen LogP contribution in [0.15, 0.2) is 49.1 Å². The smallest absolute Gasteiger partial charge is 0.259 e. The van der Waals surface area contributed by atoms with Crippen molar-refractivity contribution >= 4 is 0 Å². The summed E-state index contributed by atoms with van der Waals surface area (Å²) in [6.07, 6.45) is -0.710. The third-order valence-electron chi connectivity index (χ3n) is 3.67. The van der Waals surface area contributed by atoms with E-state index >= 15 is 0 Å². The summed E-state index contributed by atoms with van der Waals surface area (Å²) in [4.78, 5) is 4.85. The van der Waals surface area contributed by atoms with Gasteiger partial charge in [0, 0.05) is 17.5 Å². The summed E-state index contributed by atoms with van der Waals surface area (Å²) >= 11 is 0. The van der Waals surface area contributed by atoms with E-state index in [4.69, 9.17) is 0 Å². The molecule has 0 aliphatic rings. The number of alkyl halides is 5. The number of rotatable bonds is 4. The minimum absolute atomic E-state index is 0.0664. The van der Waals surface area contributed by atoms with Crippen LogP contribution in [-0.2, 0) is 12.3 Å². The maximum absolute atomic E-state index is 14.2. The Morgan fingerprint density at radius 1 is 0.885 bits per heavy atom. The Hall–Kier alpha value is -2.91. The van der Waals surface area contributed by atoms with Gasteiger partial charge in [-0.1, -0.05) is 24.3 Å². The lowest BCUT2D eigenvalue weighted by Gasteiger charge is -2.20. The average Bonchev–Trinajstić information content (AvgIpc) is 3.10. The maximum Gasteiger partial charge on any atom is 0.458 e. The Labute approximate surface area is 143 Å². The summed E-state index contributed by atoms with van der Waals surface area (Å²) in [6.45, 7) is 0. The predicted octanol–water partition coefficient (Wildman–Crippen LogP) is 4.05. The van der Waals surface area contributed by atoms with E-state index in [1.807, 2.05) is 0 Å². The summed E-state index contributed by atoms with van der Waals surface area (Å²) in [6, 6.07) is 3.53. The highest BCUT2D eigenvalue weighted by Gasteiger charge is 2.58. The lowest BCUT2D eigenvalue weighted by molar-refractivity contribution is -0.289. The van der Waals surface area contributed by atoms with Gasteiger partial charge in [-0.05, 0) is 5.56 Å². The highest BCUT2D eigenvalue weighted by Crippen LogP contribution is 2.43. The number of nitrogens with zero attached hydrogens (tertiary/aromatic N) is 4. The first kappa shape index (κ1) is 17.9. The van der Waals surface area contributed by atoms with Crippen LogP contribution in [0.1, 0.15) is 16.7 Å². The molecule has 0 aliphatic heterocycles. The highest BCUT2D eigenvalue weighted by molar-refractivity contribution is 5.41. The molecule has 0 atom stereocenters. The second-order valence-corrected chi connectivity index (χ2v) is 5.38. The molecule has 2 heterocycles. The molecule has 2 aromatic heterocycles. The third kappa shape index (κ3) is 3.26. The topological polar surface area (TPSA) is 43.6 Å². The molecule has 4 nitrogen and oxygen atoms in total. The second kappa shape index (κ2) is 6.43. The van der Waals surface area contributed by atoms with Crippen molar-refractivity contribution in [2.45, 2.75) is 18.5 Å². The van der Waals surface area contributed by atoms with E-state index in [-0.39, 0.29) is 17.7 Å². The van der Waals surface area contributed by atoms with Gasteiger partial charge in [-0.15, -0.1) is 4.80 Å². The zero-order chi connectivity index (χ0) is 18.9. The molecule has 136 valence electrons. The largest absolute Gasteiger partial charge is 0.458 e. The molecule has 0 radical (unpaired) electrons.